The first kappa shape index (κ1) is 13.9. The summed E-state index contributed by atoms with van der Waals surface area (Å²) in [4.78, 5) is 5.61. The molecule has 108 valence electrons. The number of rotatable bonds is 3. The van der Waals surface area contributed by atoms with E-state index in [1.165, 1.54) is 5.82 Å². The average molecular weight is 302 g/mol. The second-order valence-corrected chi connectivity index (χ2v) is 5.42. The number of hydrazone groups is 1. The van der Waals surface area contributed by atoms with Gasteiger partial charge >= 0.3 is 0 Å². The van der Waals surface area contributed by atoms with E-state index in [-0.39, 0.29) is 0 Å². The minimum atomic E-state index is 0.750. The Labute approximate surface area is 129 Å². The molecule has 0 bridgehead atoms. The molecule has 4 nitrogen and oxygen atoms in total. The number of aromatic amines is 1. The van der Waals surface area contributed by atoms with Gasteiger partial charge in [0.05, 0.1) is 25.5 Å². The number of piperazine rings is 1. The molecule has 5 heteroatoms. The van der Waals surface area contributed by atoms with Crippen LogP contribution in [0.15, 0.2) is 53.8 Å². The minimum Gasteiger partial charge on any atom is -0.289 e. The summed E-state index contributed by atoms with van der Waals surface area (Å²) in [6, 6.07) is 13.9. The third kappa shape index (κ3) is 3.73. The lowest BCUT2D eigenvalue weighted by Gasteiger charge is -2.28. The number of nitrogens with zero attached hydrogens (tertiary/aromatic N) is 3. The maximum absolute atomic E-state index is 5.87. The average Bonchev–Trinajstić information content (AvgIpc) is 2.56. The summed E-state index contributed by atoms with van der Waals surface area (Å²) in [5.74, 6) is 1.17. The summed E-state index contributed by atoms with van der Waals surface area (Å²) >= 11 is 5.87. The highest BCUT2D eigenvalue weighted by Gasteiger charge is 2.21. The monoisotopic (exact) mass is 301 g/mol. The number of pyridine rings is 1. The highest BCUT2D eigenvalue weighted by molar-refractivity contribution is 6.30. The Hall–Kier alpha value is -2.07. The number of aromatic nitrogens is 1. The fourth-order valence-corrected chi connectivity index (χ4v) is 2.46. The van der Waals surface area contributed by atoms with Crippen LogP contribution in [0.1, 0.15) is 5.56 Å². The van der Waals surface area contributed by atoms with Crippen molar-refractivity contribution in [2.24, 2.45) is 5.10 Å². The van der Waals surface area contributed by atoms with E-state index in [4.69, 9.17) is 11.6 Å². The van der Waals surface area contributed by atoms with Crippen molar-refractivity contribution >= 4 is 23.6 Å². The number of nitrogens with one attached hydrogen (secondary N) is 1. The fourth-order valence-electron chi connectivity index (χ4n) is 2.33. The summed E-state index contributed by atoms with van der Waals surface area (Å²) < 4.78 is 0. The lowest BCUT2D eigenvalue weighted by molar-refractivity contribution is -0.364. The van der Waals surface area contributed by atoms with Crippen LogP contribution in [0.3, 0.4) is 0 Å². The van der Waals surface area contributed by atoms with Gasteiger partial charge in [0.15, 0.2) is 0 Å². The first-order valence-electron chi connectivity index (χ1n) is 7.07. The number of anilines is 1. The zero-order valence-corrected chi connectivity index (χ0v) is 12.5. The number of halogens is 1. The zero-order valence-electron chi connectivity index (χ0n) is 11.7. The van der Waals surface area contributed by atoms with Crippen molar-refractivity contribution < 1.29 is 4.98 Å². The van der Waals surface area contributed by atoms with Gasteiger partial charge in [-0.25, -0.2) is 4.98 Å². The maximum atomic E-state index is 5.87. The topological polar surface area (TPSA) is 33.0 Å². The van der Waals surface area contributed by atoms with Crippen LogP contribution in [0.4, 0.5) is 5.82 Å². The van der Waals surface area contributed by atoms with Gasteiger partial charge in [-0.1, -0.05) is 29.8 Å². The molecule has 1 aromatic heterocycles. The quantitative estimate of drug-likeness (QED) is 0.815. The van der Waals surface area contributed by atoms with E-state index >= 15 is 0 Å². The largest absolute Gasteiger partial charge is 0.289 e. The van der Waals surface area contributed by atoms with Gasteiger partial charge in [0, 0.05) is 11.1 Å². The molecule has 1 N–H and O–H groups in total. The van der Waals surface area contributed by atoms with E-state index in [0.29, 0.717) is 0 Å². The molecule has 0 saturated carbocycles. The molecule has 1 aliphatic rings. The Morgan fingerprint density at radius 3 is 2.43 bits per heavy atom. The van der Waals surface area contributed by atoms with Crippen molar-refractivity contribution in [3.63, 3.8) is 0 Å². The van der Waals surface area contributed by atoms with Gasteiger partial charge < -0.3 is 0 Å². The molecule has 1 aromatic carbocycles. The normalized spacial score (nSPS) is 15.7. The van der Waals surface area contributed by atoms with Gasteiger partial charge in [0.1, 0.15) is 13.1 Å². The maximum Gasteiger partial charge on any atom is 0.274 e. The number of H-pyrrole nitrogens is 1. The van der Waals surface area contributed by atoms with Crippen LogP contribution >= 0.6 is 11.6 Å². The van der Waals surface area contributed by atoms with Crippen molar-refractivity contribution in [3.8, 4) is 0 Å². The molecular weight excluding hydrogens is 284 g/mol. The van der Waals surface area contributed by atoms with Gasteiger partial charge in [0.2, 0.25) is 0 Å². The Morgan fingerprint density at radius 1 is 1.00 bits per heavy atom. The summed E-state index contributed by atoms with van der Waals surface area (Å²) in [6.45, 7) is 3.79. The molecule has 2 aromatic rings. The summed E-state index contributed by atoms with van der Waals surface area (Å²) in [5, 5.41) is 7.39. The number of hydrogen-bond donors (Lipinski definition) is 0. The number of hydrogen-bond acceptors (Lipinski definition) is 3. The molecule has 21 heavy (non-hydrogen) atoms. The van der Waals surface area contributed by atoms with E-state index < -0.39 is 0 Å². The van der Waals surface area contributed by atoms with E-state index in [1.54, 1.807) is 0 Å². The van der Waals surface area contributed by atoms with Crippen molar-refractivity contribution in [2.75, 3.05) is 31.1 Å². The Balaban J connectivity index is 1.55. The van der Waals surface area contributed by atoms with Crippen molar-refractivity contribution in [2.45, 2.75) is 0 Å². The summed E-state index contributed by atoms with van der Waals surface area (Å²) in [7, 11) is 0. The van der Waals surface area contributed by atoms with Crippen LogP contribution in [0.25, 0.3) is 0 Å². The smallest absolute Gasteiger partial charge is 0.274 e. The first-order chi connectivity index (χ1) is 10.3. The predicted octanol–water partition coefficient (Wildman–Crippen LogP) is 2.31. The Kier molecular flexibility index (Phi) is 4.36. The molecule has 0 aliphatic carbocycles. The van der Waals surface area contributed by atoms with Crippen LogP contribution in [0.5, 0.6) is 0 Å². The van der Waals surface area contributed by atoms with Gasteiger partial charge in [-0.15, -0.1) is 0 Å². The molecule has 0 atom stereocenters. The second-order valence-electron chi connectivity index (χ2n) is 4.98. The van der Waals surface area contributed by atoms with Crippen molar-refractivity contribution in [1.82, 2.24) is 5.01 Å². The zero-order chi connectivity index (χ0) is 14.5. The highest BCUT2D eigenvalue weighted by Crippen LogP contribution is 2.11. The van der Waals surface area contributed by atoms with Gasteiger partial charge in [0.25, 0.3) is 5.82 Å². The Morgan fingerprint density at radius 2 is 1.76 bits per heavy atom. The molecule has 1 fully saturated rings. The molecular formula is C16H18ClN4+. The molecule has 2 heterocycles. The van der Waals surface area contributed by atoms with Crippen LogP contribution < -0.4 is 9.88 Å². The molecule has 1 saturated heterocycles. The van der Waals surface area contributed by atoms with E-state index in [2.05, 4.69) is 32.1 Å². The van der Waals surface area contributed by atoms with Crippen LogP contribution in [-0.4, -0.2) is 37.4 Å². The minimum absolute atomic E-state index is 0.750. The number of benzene rings is 1. The van der Waals surface area contributed by atoms with E-state index in [0.717, 1.165) is 36.8 Å². The fraction of sp³-hybridized carbons (Fsp3) is 0.250. The first-order valence-corrected chi connectivity index (χ1v) is 7.45. The Bertz CT molecular complexity index is 589. The van der Waals surface area contributed by atoms with E-state index in [1.807, 2.05) is 42.7 Å². The van der Waals surface area contributed by atoms with Crippen molar-refractivity contribution in [1.29, 1.82) is 0 Å². The highest BCUT2D eigenvalue weighted by atomic mass is 35.5. The third-order valence-electron chi connectivity index (χ3n) is 3.53. The second kappa shape index (κ2) is 6.59. The molecule has 0 radical (unpaired) electrons. The van der Waals surface area contributed by atoms with Gasteiger partial charge in [-0.3, -0.25) is 9.91 Å². The van der Waals surface area contributed by atoms with Crippen LogP contribution in [-0.2, 0) is 0 Å². The molecule has 0 spiro atoms. The molecule has 1 aliphatic heterocycles. The molecule has 3 rings (SSSR count). The van der Waals surface area contributed by atoms with Crippen LogP contribution in [0, 0.1) is 0 Å². The molecule has 0 amide bonds. The predicted molar refractivity (Wildman–Crippen MR) is 85.8 cm³/mol. The van der Waals surface area contributed by atoms with Crippen LogP contribution in [0.2, 0.25) is 5.02 Å². The lowest BCUT2D eigenvalue weighted by atomic mass is 10.2. The standard InChI is InChI=1S/C16H17ClN4/c17-15-6-4-14(5-7-15)13-19-21-11-9-20(10-12-21)16-3-1-2-8-18-16/h1-8,13H,9-12H2/p+1/b19-13-. The molecule has 0 unspecified atom stereocenters. The third-order valence-corrected chi connectivity index (χ3v) is 3.78. The van der Waals surface area contributed by atoms with E-state index in [9.17, 15) is 0 Å². The van der Waals surface area contributed by atoms with Gasteiger partial charge in [-0.05, 0) is 23.8 Å². The SMILES string of the molecule is Clc1ccc(/C=N\N2CCN(c3cccc[nH+]3)CC2)cc1. The van der Waals surface area contributed by atoms with Gasteiger partial charge in [-0.2, -0.15) is 5.10 Å². The van der Waals surface area contributed by atoms with Crippen molar-refractivity contribution in [3.05, 3.63) is 59.2 Å². The summed E-state index contributed by atoms with van der Waals surface area (Å²) in [6.07, 6.45) is 3.85. The summed E-state index contributed by atoms with van der Waals surface area (Å²) in [5.41, 5.74) is 1.07. The lowest BCUT2D eigenvalue weighted by Crippen LogP contribution is -2.45.